The zero-order valence-electron chi connectivity index (χ0n) is 16.8. The lowest BCUT2D eigenvalue weighted by atomic mass is 10.0. The van der Waals surface area contributed by atoms with Crippen molar-refractivity contribution < 1.29 is 12.9 Å². The van der Waals surface area contributed by atoms with Gasteiger partial charge in [0.25, 0.3) is 0 Å². The lowest BCUT2D eigenvalue weighted by Crippen LogP contribution is -2.27. The molecule has 0 fully saturated rings. The Morgan fingerprint density at radius 1 is 1.07 bits per heavy atom. The number of hydrogen-bond acceptors (Lipinski definition) is 5. The van der Waals surface area contributed by atoms with Gasteiger partial charge < -0.3 is 4.52 Å². The molecule has 0 N–H and O–H groups in total. The number of hydrogen-bond donors (Lipinski definition) is 0. The predicted molar refractivity (Wildman–Crippen MR) is 108 cm³/mol. The van der Waals surface area contributed by atoms with Crippen LogP contribution in [0.2, 0.25) is 0 Å². The van der Waals surface area contributed by atoms with Crippen LogP contribution in [0.3, 0.4) is 0 Å². The maximum absolute atomic E-state index is 12.9. The molecule has 1 heterocycles. The molecule has 0 aliphatic rings. The summed E-state index contributed by atoms with van der Waals surface area (Å²) in [4.78, 5) is 4.65. The van der Waals surface area contributed by atoms with Crippen LogP contribution in [0.25, 0.3) is 11.4 Å². The van der Waals surface area contributed by atoms with Gasteiger partial charge in [-0.15, -0.1) is 0 Å². The molecule has 0 radical (unpaired) electrons. The first-order chi connectivity index (χ1) is 13.2. The minimum atomic E-state index is -3.66. The van der Waals surface area contributed by atoms with Crippen molar-refractivity contribution in [3.8, 4) is 11.4 Å². The smallest absolute Gasteiger partial charge is 0.243 e. The molecule has 0 aliphatic heterocycles. The fourth-order valence-corrected chi connectivity index (χ4v) is 4.31. The monoisotopic (exact) mass is 399 g/mol. The zero-order valence-corrected chi connectivity index (χ0v) is 17.6. The normalized spacial score (nSPS) is 12.1. The van der Waals surface area contributed by atoms with E-state index in [4.69, 9.17) is 4.52 Å². The van der Waals surface area contributed by atoms with Gasteiger partial charge in [-0.2, -0.15) is 9.29 Å². The first-order valence-corrected chi connectivity index (χ1v) is 10.6. The minimum absolute atomic E-state index is 0.00674. The standard InChI is InChI=1S/C21H25N3O3S/c1-14(2)17-8-10-18(11-9-17)21-22-20(27-23-21)13-24(5)28(25,26)19-12-15(3)6-7-16(19)4/h6-12,14H,13H2,1-5H3. The molecule has 0 bridgehead atoms. The Morgan fingerprint density at radius 3 is 2.39 bits per heavy atom. The summed E-state index contributed by atoms with van der Waals surface area (Å²) in [7, 11) is -2.14. The van der Waals surface area contributed by atoms with Crippen LogP contribution in [0.1, 0.15) is 42.3 Å². The third kappa shape index (κ3) is 4.15. The molecule has 28 heavy (non-hydrogen) atoms. The maximum atomic E-state index is 12.9. The molecule has 0 spiro atoms. The first-order valence-electron chi connectivity index (χ1n) is 9.15. The van der Waals surface area contributed by atoms with E-state index >= 15 is 0 Å². The molecule has 7 heteroatoms. The molecular weight excluding hydrogens is 374 g/mol. The van der Waals surface area contributed by atoms with E-state index in [0.717, 1.165) is 11.1 Å². The van der Waals surface area contributed by atoms with Gasteiger partial charge in [0, 0.05) is 12.6 Å². The van der Waals surface area contributed by atoms with Crippen LogP contribution in [0.15, 0.2) is 51.9 Å². The van der Waals surface area contributed by atoms with Crippen LogP contribution in [0.4, 0.5) is 0 Å². The Bertz CT molecular complexity index is 1070. The van der Waals surface area contributed by atoms with Crippen LogP contribution in [-0.4, -0.2) is 29.9 Å². The van der Waals surface area contributed by atoms with Crippen LogP contribution < -0.4 is 0 Å². The summed E-state index contributed by atoms with van der Waals surface area (Å²) in [6.07, 6.45) is 0. The molecule has 0 unspecified atom stereocenters. The van der Waals surface area contributed by atoms with Crippen molar-refractivity contribution in [2.24, 2.45) is 0 Å². The molecule has 6 nitrogen and oxygen atoms in total. The van der Waals surface area contributed by atoms with Crippen molar-refractivity contribution in [2.45, 2.75) is 45.1 Å². The Kier molecular flexibility index (Phi) is 5.67. The van der Waals surface area contributed by atoms with Gasteiger partial charge in [0.05, 0.1) is 11.4 Å². The van der Waals surface area contributed by atoms with E-state index in [0.29, 0.717) is 22.2 Å². The molecule has 0 saturated carbocycles. The third-order valence-corrected chi connectivity index (χ3v) is 6.64. The lowest BCUT2D eigenvalue weighted by molar-refractivity contribution is 0.336. The van der Waals surface area contributed by atoms with Crippen molar-refractivity contribution in [3.63, 3.8) is 0 Å². The van der Waals surface area contributed by atoms with Gasteiger partial charge in [0.1, 0.15) is 0 Å². The van der Waals surface area contributed by atoms with Crippen LogP contribution in [0, 0.1) is 13.8 Å². The van der Waals surface area contributed by atoms with Crippen molar-refractivity contribution in [2.75, 3.05) is 7.05 Å². The first kappa shape index (κ1) is 20.2. The van der Waals surface area contributed by atoms with Crippen molar-refractivity contribution in [1.29, 1.82) is 0 Å². The van der Waals surface area contributed by atoms with E-state index in [1.807, 2.05) is 43.3 Å². The Morgan fingerprint density at radius 2 is 1.75 bits per heavy atom. The number of nitrogens with zero attached hydrogens (tertiary/aromatic N) is 3. The quantitative estimate of drug-likeness (QED) is 0.618. The highest BCUT2D eigenvalue weighted by Gasteiger charge is 2.25. The van der Waals surface area contributed by atoms with E-state index in [-0.39, 0.29) is 12.4 Å². The molecule has 2 aromatic carbocycles. The Labute approximate surface area is 166 Å². The summed E-state index contributed by atoms with van der Waals surface area (Å²) < 4.78 is 32.4. The summed E-state index contributed by atoms with van der Waals surface area (Å²) in [5.41, 5.74) is 3.66. The van der Waals surface area contributed by atoms with E-state index in [1.54, 1.807) is 13.0 Å². The van der Waals surface area contributed by atoms with E-state index in [2.05, 4.69) is 24.0 Å². The largest absolute Gasteiger partial charge is 0.338 e. The van der Waals surface area contributed by atoms with Gasteiger partial charge in [-0.1, -0.05) is 55.4 Å². The summed E-state index contributed by atoms with van der Waals surface area (Å²) >= 11 is 0. The molecule has 3 rings (SSSR count). The predicted octanol–water partition coefficient (Wildman–Crippen LogP) is 4.30. The molecular formula is C21H25N3O3S. The summed E-state index contributed by atoms with van der Waals surface area (Å²) in [6.45, 7) is 7.92. The summed E-state index contributed by atoms with van der Waals surface area (Å²) in [5, 5.41) is 3.99. The highest BCUT2D eigenvalue weighted by molar-refractivity contribution is 7.89. The van der Waals surface area contributed by atoms with Crippen molar-refractivity contribution >= 4 is 10.0 Å². The number of benzene rings is 2. The highest BCUT2D eigenvalue weighted by Crippen LogP contribution is 2.23. The van der Waals surface area contributed by atoms with E-state index in [9.17, 15) is 8.42 Å². The summed E-state index contributed by atoms with van der Waals surface area (Å²) in [5.74, 6) is 1.14. The van der Waals surface area contributed by atoms with Gasteiger partial charge in [-0.3, -0.25) is 0 Å². The average Bonchev–Trinajstić information content (AvgIpc) is 3.12. The van der Waals surface area contributed by atoms with Crippen LogP contribution >= 0.6 is 0 Å². The topological polar surface area (TPSA) is 76.3 Å². The van der Waals surface area contributed by atoms with Crippen LogP contribution in [0.5, 0.6) is 0 Å². The third-order valence-electron chi connectivity index (χ3n) is 4.69. The second-order valence-corrected chi connectivity index (χ2v) is 9.33. The molecule has 1 aromatic heterocycles. The van der Waals surface area contributed by atoms with Gasteiger partial charge in [0.2, 0.25) is 21.7 Å². The van der Waals surface area contributed by atoms with Crippen molar-refractivity contribution in [3.05, 3.63) is 65.0 Å². The number of aryl methyl sites for hydroxylation is 2. The highest BCUT2D eigenvalue weighted by atomic mass is 32.2. The van der Waals surface area contributed by atoms with Gasteiger partial charge in [-0.25, -0.2) is 8.42 Å². The van der Waals surface area contributed by atoms with E-state index < -0.39 is 10.0 Å². The van der Waals surface area contributed by atoms with Gasteiger partial charge >= 0.3 is 0 Å². The molecule has 0 atom stereocenters. The second kappa shape index (κ2) is 7.85. The Hall–Kier alpha value is -2.51. The number of aromatic nitrogens is 2. The lowest BCUT2D eigenvalue weighted by Gasteiger charge is -2.17. The van der Waals surface area contributed by atoms with Gasteiger partial charge in [0.15, 0.2) is 0 Å². The molecule has 0 saturated heterocycles. The average molecular weight is 400 g/mol. The summed E-state index contributed by atoms with van der Waals surface area (Å²) in [6, 6.07) is 13.3. The fraction of sp³-hybridized carbons (Fsp3) is 0.333. The van der Waals surface area contributed by atoms with Crippen molar-refractivity contribution in [1.82, 2.24) is 14.4 Å². The number of sulfonamides is 1. The van der Waals surface area contributed by atoms with Crippen LogP contribution in [-0.2, 0) is 16.6 Å². The molecule has 148 valence electrons. The zero-order chi connectivity index (χ0) is 20.5. The molecule has 0 aliphatic carbocycles. The van der Waals surface area contributed by atoms with Gasteiger partial charge in [-0.05, 0) is 42.5 Å². The minimum Gasteiger partial charge on any atom is -0.338 e. The SMILES string of the molecule is Cc1ccc(C)c(S(=O)(=O)N(C)Cc2nc(-c3ccc(C(C)C)cc3)no2)c1. The molecule has 0 amide bonds. The van der Waals surface area contributed by atoms with E-state index in [1.165, 1.54) is 16.9 Å². The number of rotatable bonds is 6. The fourth-order valence-electron chi connectivity index (χ4n) is 2.88. The Balaban J connectivity index is 1.80. The second-order valence-electron chi connectivity index (χ2n) is 7.32. The molecule has 3 aromatic rings. The maximum Gasteiger partial charge on any atom is 0.243 e.